The molecular weight excluding hydrogens is 282 g/mol. The van der Waals surface area contributed by atoms with Crippen molar-refractivity contribution < 1.29 is 4.92 Å². The van der Waals surface area contributed by atoms with Crippen LogP contribution in [-0.4, -0.2) is 9.49 Å². The first-order chi connectivity index (χ1) is 10.5. The van der Waals surface area contributed by atoms with Gasteiger partial charge in [-0.2, -0.15) is 5.26 Å². The highest BCUT2D eigenvalue weighted by Crippen LogP contribution is 2.25. The van der Waals surface area contributed by atoms with Gasteiger partial charge in [0.05, 0.1) is 23.1 Å². The van der Waals surface area contributed by atoms with Crippen LogP contribution in [0, 0.1) is 21.4 Å². The Morgan fingerprint density at radius 1 is 1.32 bits per heavy atom. The van der Waals surface area contributed by atoms with Crippen molar-refractivity contribution in [1.29, 1.82) is 5.26 Å². The van der Waals surface area contributed by atoms with Crippen molar-refractivity contribution in [3.05, 3.63) is 62.4 Å². The molecule has 0 radical (unpaired) electrons. The number of rotatable bonds is 4. The summed E-state index contributed by atoms with van der Waals surface area (Å²) in [7, 11) is 0. The van der Waals surface area contributed by atoms with Gasteiger partial charge in [0.15, 0.2) is 0 Å². The number of hydrogen-bond donors (Lipinski definition) is 0. The predicted molar refractivity (Wildman–Crippen MR) is 82.5 cm³/mol. The van der Waals surface area contributed by atoms with Crippen LogP contribution >= 0.6 is 0 Å². The van der Waals surface area contributed by atoms with Gasteiger partial charge in [-0.25, -0.2) is 0 Å². The third kappa shape index (κ3) is 2.88. The molecule has 0 aliphatic rings. The van der Waals surface area contributed by atoms with E-state index < -0.39 is 4.92 Å². The van der Waals surface area contributed by atoms with Crippen LogP contribution in [0.1, 0.15) is 25.5 Å². The Balaban J connectivity index is 2.68. The van der Waals surface area contributed by atoms with Crippen molar-refractivity contribution in [1.82, 2.24) is 4.57 Å². The lowest BCUT2D eigenvalue weighted by Gasteiger charge is -2.17. The van der Waals surface area contributed by atoms with Crippen LogP contribution in [0.3, 0.4) is 0 Å². The molecule has 2 rings (SSSR count). The van der Waals surface area contributed by atoms with Gasteiger partial charge >= 0.3 is 0 Å². The maximum Gasteiger partial charge on any atom is 0.270 e. The molecule has 0 amide bonds. The molecule has 0 unspecified atom stereocenters. The normalized spacial score (nSPS) is 10.5. The molecule has 0 spiro atoms. The largest absolute Gasteiger partial charge is 0.306 e. The average Bonchev–Trinajstić information content (AvgIpc) is 2.49. The minimum absolute atomic E-state index is 0.0265. The van der Waals surface area contributed by atoms with Crippen molar-refractivity contribution in [3.8, 4) is 17.3 Å². The molecule has 1 aromatic carbocycles. The van der Waals surface area contributed by atoms with Crippen LogP contribution in [0.25, 0.3) is 11.3 Å². The highest BCUT2D eigenvalue weighted by molar-refractivity contribution is 5.63. The van der Waals surface area contributed by atoms with E-state index in [1.54, 1.807) is 28.8 Å². The van der Waals surface area contributed by atoms with Gasteiger partial charge in [0.2, 0.25) is 0 Å². The van der Waals surface area contributed by atoms with E-state index in [1.807, 2.05) is 19.9 Å². The number of aromatic nitrogens is 1. The van der Waals surface area contributed by atoms with Crippen LogP contribution in [0.15, 0.2) is 41.2 Å². The first-order valence-corrected chi connectivity index (χ1v) is 6.82. The molecule has 0 aliphatic carbocycles. The second-order valence-corrected chi connectivity index (χ2v) is 5.16. The van der Waals surface area contributed by atoms with Gasteiger partial charge in [-0.05, 0) is 19.9 Å². The molecule has 0 fully saturated rings. The number of nitro benzene ring substituents is 1. The predicted octanol–water partition coefficient (Wildman–Crippen LogP) is 3.07. The Bertz CT molecular complexity index is 816. The Labute approximate surface area is 127 Å². The summed E-state index contributed by atoms with van der Waals surface area (Å²) in [4.78, 5) is 22.9. The van der Waals surface area contributed by atoms with Crippen LogP contribution in [0.5, 0.6) is 0 Å². The van der Waals surface area contributed by atoms with E-state index in [0.29, 0.717) is 16.8 Å². The SMILES string of the molecule is CC(C)n1c(-c2cccc([N+](=O)[O-])c2)ccc(CC#N)c1=O. The summed E-state index contributed by atoms with van der Waals surface area (Å²) in [5.74, 6) is 0. The zero-order valence-corrected chi connectivity index (χ0v) is 12.3. The van der Waals surface area contributed by atoms with E-state index in [4.69, 9.17) is 5.26 Å². The van der Waals surface area contributed by atoms with E-state index in [0.717, 1.165) is 0 Å². The smallest absolute Gasteiger partial charge is 0.270 e. The summed E-state index contributed by atoms with van der Waals surface area (Å²) in [6, 6.07) is 11.4. The second-order valence-electron chi connectivity index (χ2n) is 5.16. The van der Waals surface area contributed by atoms with Crippen molar-refractivity contribution >= 4 is 5.69 Å². The molecule has 0 N–H and O–H groups in total. The van der Waals surface area contributed by atoms with Gasteiger partial charge in [0, 0.05) is 29.3 Å². The lowest BCUT2D eigenvalue weighted by molar-refractivity contribution is -0.384. The molecule has 6 heteroatoms. The minimum Gasteiger partial charge on any atom is -0.306 e. The molecule has 2 aromatic rings. The molecule has 0 saturated heterocycles. The quantitative estimate of drug-likeness (QED) is 0.640. The monoisotopic (exact) mass is 297 g/mol. The van der Waals surface area contributed by atoms with Gasteiger partial charge in [-0.3, -0.25) is 14.9 Å². The molecule has 6 nitrogen and oxygen atoms in total. The Kier molecular flexibility index (Phi) is 4.37. The average molecular weight is 297 g/mol. The lowest BCUT2D eigenvalue weighted by Crippen LogP contribution is -2.26. The van der Waals surface area contributed by atoms with Gasteiger partial charge in [0.25, 0.3) is 11.2 Å². The molecule has 0 saturated carbocycles. The van der Waals surface area contributed by atoms with E-state index >= 15 is 0 Å². The van der Waals surface area contributed by atoms with Gasteiger partial charge < -0.3 is 4.57 Å². The number of pyridine rings is 1. The summed E-state index contributed by atoms with van der Waals surface area (Å²) >= 11 is 0. The third-order valence-corrected chi connectivity index (χ3v) is 3.33. The number of hydrogen-bond acceptors (Lipinski definition) is 4. The van der Waals surface area contributed by atoms with Gasteiger partial charge in [0.1, 0.15) is 0 Å². The summed E-state index contributed by atoms with van der Waals surface area (Å²) in [6.45, 7) is 3.72. The minimum atomic E-state index is -0.467. The molecule has 22 heavy (non-hydrogen) atoms. The van der Waals surface area contributed by atoms with E-state index in [1.165, 1.54) is 12.1 Å². The number of nitrogens with zero attached hydrogens (tertiary/aromatic N) is 3. The van der Waals surface area contributed by atoms with Crippen molar-refractivity contribution in [2.45, 2.75) is 26.3 Å². The molecule has 112 valence electrons. The summed E-state index contributed by atoms with van der Waals surface area (Å²) in [5, 5.41) is 19.7. The molecule has 0 atom stereocenters. The topological polar surface area (TPSA) is 88.9 Å². The second kappa shape index (κ2) is 6.22. The number of benzene rings is 1. The van der Waals surface area contributed by atoms with Crippen LogP contribution in [0.4, 0.5) is 5.69 Å². The highest BCUT2D eigenvalue weighted by Gasteiger charge is 2.15. The summed E-state index contributed by atoms with van der Waals surface area (Å²) in [6.07, 6.45) is 0.0424. The maximum atomic E-state index is 12.5. The summed E-state index contributed by atoms with van der Waals surface area (Å²) < 4.78 is 1.56. The third-order valence-electron chi connectivity index (χ3n) is 3.33. The zero-order chi connectivity index (χ0) is 16.3. The maximum absolute atomic E-state index is 12.5. The fourth-order valence-corrected chi connectivity index (χ4v) is 2.34. The first-order valence-electron chi connectivity index (χ1n) is 6.82. The van der Waals surface area contributed by atoms with Crippen LogP contribution in [-0.2, 0) is 6.42 Å². The number of nitro groups is 1. The Hall–Kier alpha value is -2.94. The Morgan fingerprint density at radius 2 is 2.05 bits per heavy atom. The van der Waals surface area contributed by atoms with Crippen molar-refractivity contribution in [3.63, 3.8) is 0 Å². The molecule has 0 bridgehead atoms. The number of nitriles is 1. The lowest BCUT2D eigenvalue weighted by atomic mass is 10.1. The van der Waals surface area contributed by atoms with E-state index in [9.17, 15) is 14.9 Å². The molecular formula is C16H15N3O3. The van der Waals surface area contributed by atoms with Gasteiger partial charge in [-0.1, -0.05) is 18.2 Å². The van der Waals surface area contributed by atoms with Crippen LogP contribution in [0.2, 0.25) is 0 Å². The summed E-state index contributed by atoms with van der Waals surface area (Å²) in [5.41, 5.74) is 1.36. The molecule has 1 aromatic heterocycles. The van der Waals surface area contributed by atoms with Crippen molar-refractivity contribution in [2.24, 2.45) is 0 Å². The molecule has 0 aliphatic heterocycles. The number of non-ortho nitro benzene ring substituents is 1. The van der Waals surface area contributed by atoms with E-state index in [2.05, 4.69) is 0 Å². The van der Waals surface area contributed by atoms with Crippen molar-refractivity contribution in [2.75, 3.05) is 0 Å². The standard InChI is InChI=1S/C16H15N3O3/c1-11(2)18-15(7-6-12(8-9-17)16(18)20)13-4-3-5-14(10-13)19(21)22/h3-7,10-11H,8H2,1-2H3. The van der Waals surface area contributed by atoms with E-state index in [-0.39, 0.29) is 23.7 Å². The fraction of sp³-hybridized carbons (Fsp3) is 0.250. The van der Waals surface area contributed by atoms with Gasteiger partial charge in [-0.15, -0.1) is 0 Å². The first kappa shape index (κ1) is 15.4. The fourth-order valence-electron chi connectivity index (χ4n) is 2.34. The Morgan fingerprint density at radius 3 is 2.64 bits per heavy atom. The molecule has 1 heterocycles. The zero-order valence-electron chi connectivity index (χ0n) is 12.3. The highest BCUT2D eigenvalue weighted by atomic mass is 16.6. The van der Waals surface area contributed by atoms with Crippen LogP contribution < -0.4 is 5.56 Å².